The molecule has 0 saturated heterocycles. The van der Waals surface area contributed by atoms with Gasteiger partial charge in [-0.25, -0.2) is 13.8 Å². The highest BCUT2D eigenvalue weighted by atomic mass is 36.0. The molecule has 47 heavy (non-hydrogen) atoms. The molecule has 0 amide bonds. The van der Waals surface area contributed by atoms with Crippen molar-refractivity contribution < 1.29 is 52.2 Å². The van der Waals surface area contributed by atoms with E-state index in [-0.39, 0.29) is 18.4 Å². The van der Waals surface area contributed by atoms with Crippen LogP contribution < -0.4 is 9.47 Å². The molecule has 0 heterocycles. The summed E-state index contributed by atoms with van der Waals surface area (Å²) < 4.78 is 34.3. The van der Waals surface area contributed by atoms with Gasteiger partial charge in [0.25, 0.3) is 0 Å². The van der Waals surface area contributed by atoms with E-state index in [2.05, 4.69) is 30.8 Å². The molecule has 0 atom stereocenters. The van der Waals surface area contributed by atoms with Crippen molar-refractivity contribution in [1.29, 1.82) is 0 Å². The molecule has 0 spiro atoms. The molecule has 0 saturated carbocycles. The van der Waals surface area contributed by atoms with Crippen LogP contribution in [0.25, 0.3) is 0 Å². The Morgan fingerprint density at radius 2 is 1.06 bits per heavy atom. The number of halogens is 4. The van der Waals surface area contributed by atoms with Crippen molar-refractivity contribution in [3.05, 3.63) is 58.7 Å². The van der Waals surface area contributed by atoms with Crippen molar-refractivity contribution in [3.63, 3.8) is 0 Å². The Hall–Kier alpha value is -2.77. The van der Waals surface area contributed by atoms with Crippen molar-refractivity contribution in [2.45, 2.75) is 51.4 Å². The van der Waals surface area contributed by atoms with Crippen LogP contribution in [0.15, 0.2) is 36.4 Å². The number of methoxy groups -OCH3 is 3. The van der Waals surface area contributed by atoms with Gasteiger partial charge in [0.15, 0.2) is 0 Å². The smallest absolute Gasteiger partial charge is 0.338 e. The lowest BCUT2D eigenvalue weighted by Gasteiger charge is -2.11. The quantitative estimate of drug-likeness (QED) is 0.0555. The highest BCUT2D eigenvalue weighted by Gasteiger charge is 2.17. The second-order valence-corrected chi connectivity index (χ2v) is 12.6. The zero-order valence-electron chi connectivity index (χ0n) is 26.4. The van der Waals surface area contributed by atoms with E-state index in [0.29, 0.717) is 53.2 Å². The van der Waals surface area contributed by atoms with Crippen molar-refractivity contribution in [1.82, 2.24) is 0 Å². The molecule has 0 radical (unpaired) electrons. The molecule has 2 aromatic carbocycles. The maximum Gasteiger partial charge on any atom is 0.338 e. The fraction of sp³-hybridized carbons (Fsp3) is 0.484. The molecule has 0 unspecified atom stereocenters. The van der Waals surface area contributed by atoms with Gasteiger partial charge in [-0.15, -0.1) is 23.2 Å². The predicted molar refractivity (Wildman–Crippen MR) is 183 cm³/mol. The van der Waals surface area contributed by atoms with Crippen LogP contribution >= 0.6 is 44.6 Å². The average Bonchev–Trinajstić information content (AvgIpc) is 3.03. The van der Waals surface area contributed by atoms with Crippen molar-refractivity contribution in [2.24, 2.45) is 0 Å². The van der Waals surface area contributed by atoms with Crippen LogP contribution in [-0.4, -0.2) is 79.5 Å². The van der Waals surface area contributed by atoms with E-state index < -0.39 is 33.1 Å². The van der Waals surface area contributed by atoms with Gasteiger partial charge < -0.3 is 28.8 Å². The van der Waals surface area contributed by atoms with Gasteiger partial charge >= 0.3 is 23.9 Å². The van der Waals surface area contributed by atoms with Crippen molar-refractivity contribution in [3.8, 4) is 11.5 Å². The number of aliphatic carboxylic acids is 1. The maximum absolute atomic E-state index is 11.7. The molecule has 1 N–H and O–H groups in total. The molecule has 2 aromatic rings. The molecule has 16 heteroatoms. The minimum atomic E-state index is -1.67. The number of benzene rings is 2. The Morgan fingerprint density at radius 3 is 1.40 bits per heavy atom. The monoisotopic (exact) mass is 760 g/mol. The number of carboxylic acids is 1. The number of rotatable bonds is 18. The van der Waals surface area contributed by atoms with Gasteiger partial charge in [0.1, 0.15) is 11.5 Å². The van der Waals surface area contributed by atoms with Crippen molar-refractivity contribution >= 4 is 77.7 Å². The lowest BCUT2D eigenvalue weighted by atomic mass is 10.0. The predicted octanol–water partition coefficient (Wildman–Crippen LogP) is 6.91. The second kappa shape index (κ2) is 27.2. The van der Waals surface area contributed by atoms with Crippen LogP contribution in [0, 0.1) is 0 Å². The lowest BCUT2D eigenvalue weighted by molar-refractivity contribution is -0.140. The van der Waals surface area contributed by atoms with Crippen LogP contribution in [-0.2, 0) is 45.9 Å². The molecule has 2 rings (SSSR count). The second-order valence-electron chi connectivity index (χ2n) is 9.33. The Kier molecular flexibility index (Phi) is 25.6. The maximum atomic E-state index is 11.7. The summed E-state index contributed by atoms with van der Waals surface area (Å²) in [4.78, 5) is 45.6. The minimum absolute atomic E-state index is 0.00954. The fourth-order valence-electron chi connectivity index (χ4n) is 3.75. The molecule has 0 aliphatic carbocycles. The zero-order chi connectivity index (χ0) is 35.6. The van der Waals surface area contributed by atoms with E-state index >= 15 is 0 Å². The van der Waals surface area contributed by atoms with E-state index in [1.54, 1.807) is 30.3 Å². The SMILES string of the molecule is COC(=O)Cc1cc(OCCCCCCl)ccc1C(=O)OC.COC(=O)c1ccc(OCCCCCCl)cc1CC(=O)O.O=S(Cl)Cl. The van der Waals surface area contributed by atoms with Gasteiger partial charge in [0, 0.05) is 33.1 Å². The third kappa shape index (κ3) is 20.9. The third-order valence-corrected chi connectivity index (χ3v) is 6.50. The Balaban J connectivity index is 0.000000808. The number of unbranched alkanes of at least 4 members (excludes halogenated alkanes) is 4. The fourth-order valence-corrected chi connectivity index (χ4v) is 4.13. The Morgan fingerprint density at radius 1 is 0.660 bits per heavy atom. The van der Waals surface area contributed by atoms with Crippen molar-refractivity contribution in [2.75, 3.05) is 46.3 Å². The number of alkyl halides is 2. The van der Waals surface area contributed by atoms with Gasteiger partial charge in [0.2, 0.25) is 9.23 Å². The van der Waals surface area contributed by atoms with E-state index in [9.17, 15) is 19.2 Å². The topological polar surface area (TPSA) is 152 Å². The summed E-state index contributed by atoms with van der Waals surface area (Å²) in [5, 5.41) is 8.90. The van der Waals surface area contributed by atoms with Crippen LogP contribution in [0.1, 0.15) is 70.4 Å². The zero-order valence-corrected chi connectivity index (χ0v) is 30.2. The summed E-state index contributed by atoms with van der Waals surface area (Å²) in [5.74, 6) is -0.0493. The Labute approximate surface area is 296 Å². The van der Waals surface area contributed by atoms with Gasteiger partial charge in [0.05, 0.1) is 58.5 Å². The molecule has 0 aliphatic rings. The van der Waals surface area contributed by atoms with E-state index in [4.69, 9.17) is 46.7 Å². The molecule has 0 bridgehead atoms. The van der Waals surface area contributed by atoms with E-state index in [0.717, 1.165) is 38.5 Å². The number of carboxylic acid groups (broad SMARTS) is 1. The lowest BCUT2D eigenvalue weighted by Crippen LogP contribution is -2.11. The standard InChI is InChI=1S/C16H21ClO5.C15H19ClO5.Cl2OS/c1-20-15(18)11-12-10-13(22-9-5-3-4-8-17)6-7-14(12)16(19)21-2;1-20-15(19)13-6-5-12(9-11(13)10-14(17)18)21-8-4-2-3-7-16;1-4(2)3/h6-7,10H,3-5,8-9,11H2,1-2H3;5-6,9H,2-4,7-8,10H2,1H3,(H,17,18);. The van der Waals surface area contributed by atoms with Crippen LogP contribution in [0.2, 0.25) is 0 Å². The van der Waals surface area contributed by atoms with E-state index in [1.807, 2.05) is 0 Å². The van der Waals surface area contributed by atoms with E-state index in [1.165, 1.54) is 27.4 Å². The summed E-state index contributed by atoms with van der Waals surface area (Å²) in [6.45, 7) is 1.09. The number of hydrogen-bond donors (Lipinski definition) is 1. The molecular formula is C31H40Cl4O11S. The number of hydrogen-bond acceptors (Lipinski definition) is 10. The first-order chi connectivity index (χ1) is 22.4. The first-order valence-corrected chi connectivity index (χ1v) is 18.1. The minimum Gasteiger partial charge on any atom is -0.494 e. The summed E-state index contributed by atoms with van der Waals surface area (Å²) in [6, 6.07) is 9.69. The largest absolute Gasteiger partial charge is 0.494 e. The average molecular weight is 763 g/mol. The number of carbonyl (C=O) groups is 4. The molecule has 264 valence electrons. The summed E-state index contributed by atoms with van der Waals surface area (Å²) in [6.07, 6.45) is 5.39. The highest BCUT2D eigenvalue weighted by Crippen LogP contribution is 2.21. The highest BCUT2D eigenvalue weighted by molar-refractivity contribution is 8.26. The Bertz CT molecular complexity index is 1270. The summed E-state index contributed by atoms with van der Waals surface area (Å²) >= 11 is 11.2. The number of esters is 3. The molecule has 0 aliphatic heterocycles. The van der Waals surface area contributed by atoms with Gasteiger partial charge in [-0.1, -0.05) is 0 Å². The number of ether oxygens (including phenoxy) is 5. The van der Waals surface area contributed by atoms with Gasteiger partial charge in [-0.2, -0.15) is 0 Å². The van der Waals surface area contributed by atoms with Gasteiger partial charge in [-0.05, 0) is 86.1 Å². The first kappa shape index (κ1) is 44.2. The summed E-state index contributed by atoms with van der Waals surface area (Å²) in [7, 11) is 11.2. The van der Waals surface area contributed by atoms with Crippen LogP contribution in [0.3, 0.4) is 0 Å². The first-order valence-electron chi connectivity index (χ1n) is 14.3. The molecule has 11 nitrogen and oxygen atoms in total. The van der Waals surface area contributed by atoms with Crippen LogP contribution in [0.4, 0.5) is 0 Å². The molecule has 0 fully saturated rings. The third-order valence-electron chi connectivity index (χ3n) is 5.96. The molecular weight excluding hydrogens is 722 g/mol. The summed E-state index contributed by atoms with van der Waals surface area (Å²) in [5.41, 5.74) is 1.49. The van der Waals surface area contributed by atoms with Crippen LogP contribution in [0.5, 0.6) is 11.5 Å². The number of carbonyl (C=O) groups excluding carboxylic acids is 3. The van der Waals surface area contributed by atoms with Gasteiger partial charge in [-0.3, -0.25) is 9.59 Å². The normalized spacial score (nSPS) is 10.0. The molecule has 0 aromatic heterocycles.